The third-order valence-electron chi connectivity index (χ3n) is 4.03. The molecule has 0 amide bonds. The Hall–Kier alpha value is -1.45. The molecule has 8 nitrogen and oxygen atoms in total. The molecule has 1 heterocycles. The molecule has 0 fully saturated rings. The average molecular weight is 476 g/mol. The minimum absolute atomic E-state index is 0. The Morgan fingerprint density at radius 1 is 1.26 bits per heavy atom. The summed E-state index contributed by atoms with van der Waals surface area (Å²) in [6.45, 7) is 2.44. The summed E-state index contributed by atoms with van der Waals surface area (Å²) >= 11 is 1.50. The number of allylic oxidation sites excluding steroid dienone is 1. The normalized spacial score (nSPS) is 12.6. The first-order valence-electron chi connectivity index (χ1n) is 9.02. The second-order valence-corrected chi connectivity index (χ2v) is 8.37. The Kier molecular flexibility index (Phi) is 9.51. The van der Waals surface area contributed by atoms with Crippen LogP contribution in [0.15, 0.2) is 41.3 Å². The Labute approximate surface area is 207 Å². The van der Waals surface area contributed by atoms with Gasteiger partial charge >= 0.3 is 37.4 Å². The molecule has 0 unspecified atom stereocenters. The summed E-state index contributed by atoms with van der Waals surface area (Å²) in [4.78, 5) is 31.8. The zero-order valence-corrected chi connectivity index (χ0v) is 21.1. The maximum Gasteiger partial charge on any atom is 1.00 e. The molecule has 2 aromatic rings. The van der Waals surface area contributed by atoms with E-state index in [1.165, 1.54) is 43.2 Å². The monoisotopic (exact) mass is 476 g/mol. The molecule has 2 aromatic carbocycles. The Bertz CT molecular complexity index is 1030. The van der Waals surface area contributed by atoms with Crippen LogP contribution in [0, 0.1) is 0 Å². The van der Waals surface area contributed by atoms with E-state index in [4.69, 9.17) is 24.0 Å². The number of ketones is 1. The van der Waals surface area contributed by atoms with Gasteiger partial charge in [-0.25, -0.2) is 4.57 Å². The predicted molar refractivity (Wildman–Crippen MR) is 114 cm³/mol. The van der Waals surface area contributed by atoms with Crippen LogP contribution < -0.4 is 48.3 Å². The molecule has 162 valence electrons. The molecule has 3 rings (SSSR count). The van der Waals surface area contributed by atoms with E-state index < -0.39 is 7.82 Å². The smallest absolute Gasteiger partial charge is 1.00 e. The van der Waals surface area contributed by atoms with Gasteiger partial charge in [0.2, 0.25) is 0 Å². The second-order valence-electron chi connectivity index (χ2n) is 6.24. The number of carbonyl (C=O) groups is 1. The number of benzene rings is 2. The van der Waals surface area contributed by atoms with E-state index in [1.54, 1.807) is 18.2 Å². The average Bonchev–Trinajstić information content (AvgIpc) is 3.16. The summed E-state index contributed by atoms with van der Waals surface area (Å²) in [5.41, 5.74) is 0.916. The molecule has 0 spiro atoms. The van der Waals surface area contributed by atoms with Crippen LogP contribution in [-0.4, -0.2) is 35.2 Å². The van der Waals surface area contributed by atoms with Gasteiger partial charge in [-0.05, 0) is 36.3 Å². The van der Waals surface area contributed by atoms with E-state index in [1.807, 2.05) is 6.92 Å². The first-order valence-corrected chi connectivity index (χ1v) is 11.5. The molecule has 0 aromatic heterocycles. The Morgan fingerprint density at radius 2 is 2.03 bits per heavy atom. The van der Waals surface area contributed by atoms with Gasteiger partial charge in [0.1, 0.15) is 17.4 Å². The Morgan fingerprint density at radius 3 is 2.71 bits per heavy atom. The van der Waals surface area contributed by atoms with Gasteiger partial charge < -0.3 is 20.2 Å². The first kappa shape index (κ1) is 25.8. The number of methoxy groups -OCH3 is 1. The fourth-order valence-electron chi connectivity index (χ4n) is 2.71. The van der Waals surface area contributed by atoms with Crippen molar-refractivity contribution in [1.29, 1.82) is 0 Å². The van der Waals surface area contributed by atoms with E-state index in [9.17, 15) is 9.36 Å². The van der Waals surface area contributed by atoms with E-state index in [-0.39, 0.29) is 48.3 Å². The molecule has 0 saturated carbocycles. The van der Waals surface area contributed by atoms with Gasteiger partial charge in [-0.3, -0.25) is 14.6 Å². The number of thioether (sulfide) groups is 1. The standard InChI is InChI=1S/C20H21O8PS.Na.H/c1-3-8-26-17-11-19-20(30-12-27-19)10-14(17)15(21)6-4-13-5-7-16(25-2)18(9-13)28-29(22,23)24;;/h4-7,9-11H,3,8,12H2,1-2H3,(H2,22,23,24);;/q;+1;-1/b6-4+;;. The Balaban J connectivity index is 0.00000256. The van der Waals surface area contributed by atoms with Crippen molar-refractivity contribution in [3.05, 3.63) is 47.5 Å². The van der Waals surface area contributed by atoms with Crippen LogP contribution in [0.4, 0.5) is 0 Å². The topological polar surface area (TPSA) is 112 Å². The summed E-state index contributed by atoms with van der Waals surface area (Å²) in [5.74, 6) is 1.40. The number of carbonyl (C=O) groups excluding carboxylic acids is 1. The van der Waals surface area contributed by atoms with Crippen molar-refractivity contribution in [1.82, 2.24) is 0 Å². The molecular weight excluding hydrogens is 454 g/mol. The largest absolute Gasteiger partial charge is 1.00 e. The van der Waals surface area contributed by atoms with Crippen LogP contribution in [0.25, 0.3) is 6.08 Å². The van der Waals surface area contributed by atoms with Crippen LogP contribution in [0.1, 0.15) is 30.7 Å². The molecule has 0 bridgehead atoms. The fraction of sp³-hybridized carbons (Fsp3) is 0.250. The fourth-order valence-corrected chi connectivity index (χ4v) is 3.88. The van der Waals surface area contributed by atoms with Crippen molar-refractivity contribution >= 4 is 31.4 Å². The zero-order valence-electron chi connectivity index (χ0n) is 18.4. The van der Waals surface area contributed by atoms with E-state index in [0.717, 1.165) is 11.3 Å². The third kappa shape index (κ3) is 7.02. The third-order valence-corrected chi connectivity index (χ3v) is 5.33. The van der Waals surface area contributed by atoms with Crippen molar-refractivity contribution < 1.29 is 68.9 Å². The molecule has 1 aliphatic heterocycles. The number of phosphoric acid groups is 1. The van der Waals surface area contributed by atoms with E-state index in [0.29, 0.717) is 35.2 Å². The van der Waals surface area contributed by atoms with Gasteiger partial charge in [0.25, 0.3) is 0 Å². The van der Waals surface area contributed by atoms with Crippen molar-refractivity contribution in [3.8, 4) is 23.0 Å². The van der Waals surface area contributed by atoms with E-state index >= 15 is 0 Å². The SMILES string of the molecule is CCCOc1cc2c(cc1C(=O)/C=C/c1ccc(OC)c(OP(=O)(O)O)c1)SCO2.[H-].[Na+]. The second kappa shape index (κ2) is 11.4. The molecule has 0 atom stereocenters. The summed E-state index contributed by atoms with van der Waals surface area (Å²) < 4.78 is 32.1. The molecule has 11 heteroatoms. The van der Waals surface area contributed by atoms with Gasteiger partial charge in [0.05, 0.1) is 24.2 Å². The molecule has 2 N–H and O–H groups in total. The van der Waals surface area contributed by atoms with E-state index in [2.05, 4.69) is 4.52 Å². The van der Waals surface area contributed by atoms with Crippen molar-refractivity contribution in [2.24, 2.45) is 0 Å². The van der Waals surface area contributed by atoms with Crippen LogP contribution in [0.3, 0.4) is 0 Å². The van der Waals surface area contributed by atoms with Crippen LogP contribution in [0.5, 0.6) is 23.0 Å². The minimum Gasteiger partial charge on any atom is -1.00 e. The van der Waals surface area contributed by atoms with Gasteiger partial charge in [0.15, 0.2) is 17.3 Å². The van der Waals surface area contributed by atoms with Gasteiger partial charge in [-0.2, -0.15) is 0 Å². The zero-order chi connectivity index (χ0) is 21.7. The summed E-state index contributed by atoms with van der Waals surface area (Å²) in [6, 6.07) is 7.99. The molecule has 0 radical (unpaired) electrons. The minimum atomic E-state index is -4.76. The van der Waals surface area contributed by atoms with Gasteiger partial charge in [-0.1, -0.05) is 30.8 Å². The number of phosphoric ester groups is 1. The van der Waals surface area contributed by atoms with Crippen molar-refractivity contribution in [2.75, 3.05) is 19.7 Å². The molecule has 31 heavy (non-hydrogen) atoms. The summed E-state index contributed by atoms with van der Waals surface area (Å²) in [6.07, 6.45) is 3.68. The van der Waals surface area contributed by atoms with Crippen LogP contribution in [-0.2, 0) is 4.57 Å². The molecule has 0 saturated heterocycles. The predicted octanol–water partition coefficient (Wildman–Crippen LogP) is 1.41. The number of ether oxygens (including phenoxy) is 3. The molecular formula is C20H22NaO8PS. The van der Waals surface area contributed by atoms with Crippen LogP contribution >= 0.6 is 19.6 Å². The van der Waals surface area contributed by atoms with Crippen molar-refractivity contribution in [3.63, 3.8) is 0 Å². The molecule has 0 aliphatic carbocycles. The quantitative estimate of drug-likeness (QED) is 0.240. The number of hydrogen-bond donors (Lipinski definition) is 2. The molecule has 1 aliphatic rings. The number of fused-ring (bicyclic) bond motifs is 1. The number of rotatable bonds is 9. The van der Waals surface area contributed by atoms with Crippen LogP contribution in [0.2, 0.25) is 0 Å². The van der Waals surface area contributed by atoms with Gasteiger partial charge in [-0.15, -0.1) is 0 Å². The maximum atomic E-state index is 12.8. The summed E-state index contributed by atoms with van der Waals surface area (Å²) in [7, 11) is -3.41. The number of hydrogen-bond acceptors (Lipinski definition) is 7. The van der Waals surface area contributed by atoms with Crippen molar-refractivity contribution in [2.45, 2.75) is 18.2 Å². The van der Waals surface area contributed by atoms with Gasteiger partial charge in [0, 0.05) is 6.07 Å². The first-order chi connectivity index (χ1) is 14.3. The summed E-state index contributed by atoms with van der Waals surface area (Å²) in [5, 5.41) is 0. The maximum absolute atomic E-state index is 12.8.